The van der Waals surface area contributed by atoms with Crippen molar-refractivity contribution in [2.45, 2.75) is 18.4 Å². The van der Waals surface area contributed by atoms with Gasteiger partial charge in [-0.1, -0.05) is 18.5 Å². The van der Waals surface area contributed by atoms with E-state index >= 15 is 0 Å². The standard InChI is InChI=1S/C10H15ClN2O2S/c1-3-13-7-8-6-9(4-5-10(8)11)16(14,15)12-2/h4-6,12-13H,3,7H2,1-2H3. The van der Waals surface area contributed by atoms with Gasteiger partial charge in [0, 0.05) is 11.6 Å². The number of nitrogens with one attached hydrogen (secondary N) is 2. The molecule has 0 spiro atoms. The number of benzene rings is 1. The zero-order valence-electron chi connectivity index (χ0n) is 9.25. The van der Waals surface area contributed by atoms with Crippen LogP contribution < -0.4 is 10.0 Å². The van der Waals surface area contributed by atoms with Gasteiger partial charge in [0.15, 0.2) is 0 Å². The highest BCUT2D eigenvalue weighted by Gasteiger charge is 2.12. The average Bonchev–Trinajstić information content (AvgIpc) is 2.27. The maximum absolute atomic E-state index is 11.6. The van der Waals surface area contributed by atoms with Crippen molar-refractivity contribution in [3.8, 4) is 0 Å². The van der Waals surface area contributed by atoms with Gasteiger partial charge in [0.2, 0.25) is 10.0 Å². The molecule has 0 aliphatic heterocycles. The highest BCUT2D eigenvalue weighted by Crippen LogP contribution is 2.20. The molecule has 0 bridgehead atoms. The highest BCUT2D eigenvalue weighted by molar-refractivity contribution is 7.89. The van der Waals surface area contributed by atoms with E-state index in [1.54, 1.807) is 12.1 Å². The summed E-state index contributed by atoms with van der Waals surface area (Å²) < 4.78 is 25.4. The van der Waals surface area contributed by atoms with Crippen molar-refractivity contribution in [3.63, 3.8) is 0 Å². The van der Waals surface area contributed by atoms with Gasteiger partial charge in [-0.25, -0.2) is 13.1 Å². The molecule has 0 amide bonds. The number of hydrogen-bond acceptors (Lipinski definition) is 3. The fourth-order valence-corrected chi connectivity index (χ4v) is 2.20. The quantitative estimate of drug-likeness (QED) is 0.842. The van der Waals surface area contributed by atoms with Crippen LogP contribution in [-0.2, 0) is 16.6 Å². The van der Waals surface area contributed by atoms with Crippen molar-refractivity contribution < 1.29 is 8.42 Å². The van der Waals surface area contributed by atoms with Crippen LogP contribution in [0.4, 0.5) is 0 Å². The van der Waals surface area contributed by atoms with Crippen LogP contribution in [0.25, 0.3) is 0 Å². The van der Waals surface area contributed by atoms with E-state index < -0.39 is 10.0 Å². The van der Waals surface area contributed by atoms with Gasteiger partial charge in [-0.15, -0.1) is 0 Å². The van der Waals surface area contributed by atoms with Gasteiger partial charge in [0.05, 0.1) is 4.90 Å². The minimum Gasteiger partial charge on any atom is -0.313 e. The summed E-state index contributed by atoms with van der Waals surface area (Å²) in [6.07, 6.45) is 0. The Hall–Kier alpha value is -0.620. The third kappa shape index (κ3) is 3.18. The van der Waals surface area contributed by atoms with Crippen LogP contribution in [0.3, 0.4) is 0 Å². The van der Waals surface area contributed by atoms with Crippen molar-refractivity contribution in [1.82, 2.24) is 10.0 Å². The van der Waals surface area contributed by atoms with Gasteiger partial charge in [0.1, 0.15) is 0 Å². The molecule has 6 heteroatoms. The topological polar surface area (TPSA) is 58.2 Å². The molecule has 1 rings (SSSR count). The normalized spacial score (nSPS) is 11.7. The molecule has 1 aromatic rings. The molecule has 16 heavy (non-hydrogen) atoms. The molecule has 90 valence electrons. The highest BCUT2D eigenvalue weighted by atomic mass is 35.5. The molecule has 0 radical (unpaired) electrons. The summed E-state index contributed by atoms with van der Waals surface area (Å²) in [6.45, 7) is 3.34. The average molecular weight is 263 g/mol. The van der Waals surface area contributed by atoms with Gasteiger partial charge < -0.3 is 5.32 Å². The summed E-state index contributed by atoms with van der Waals surface area (Å²) in [6, 6.07) is 4.67. The van der Waals surface area contributed by atoms with Gasteiger partial charge in [-0.2, -0.15) is 0 Å². The van der Waals surface area contributed by atoms with Crippen LogP contribution >= 0.6 is 11.6 Å². The first kappa shape index (κ1) is 13.4. The largest absolute Gasteiger partial charge is 0.313 e. The van der Waals surface area contributed by atoms with Gasteiger partial charge in [-0.05, 0) is 37.4 Å². The Bertz CT molecular complexity index is 460. The van der Waals surface area contributed by atoms with E-state index in [1.165, 1.54) is 13.1 Å². The lowest BCUT2D eigenvalue weighted by molar-refractivity contribution is 0.588. The van der Waals surface area contributed by atoms with E-state index in [4.69, 9.17) is 11.6 Å². The third-order valence-corrected chi connectivity index (χ3v) is 3.94. The Morgan fingerprint density at radius 3 is 2.62 bits per heavy atom. The van der Waals surface area contributed by atoms with E-state index in [1.807, 2.05) is 6.92 Å². The molecule has 0 aromatic heterocycles. The summed E-state index contributed by atoms with van der Waals surface area (Å²) in [5.41, 5.74) is 0.778. The zero-order chi connectivity index (χ0) is 12.2. The van der Waals surface area contributed by atoms with Crippen LogP contribution in [0.5, 0.6) is 0 Å². The summed E-state index contributed by atoms with van der Waals surface area (Å²) in [4.78, 5) is 0.229. The predicted molar refractivity (Wildman–Crippen MR) is 65.1 cm³/mol. The minimum absolute atomic E-state index is 0.229. The molecule has 0 saturated heterocycles. The molecule has 4 nitrogen and oxygen atoms in total. The molecule has 0 aliphatic rings. The van der Waals surface area contributed by atoms with Crippen LogP contribution in [0.2, 0.25) is 5.02 Å². The molecule has 0 aliphatic carbocycles. The van der Waals surface area contributed by atoms with Gasteiger partial charge in [-0.3, -0.25) is 0 Å². The van der Waals surface area contributed by atoms with Crippen molar-refractivity contribution >= 4 is 21.6 Å². The van der Waals surface area contributed by atoms with Crippen molar-refractivity contribution in [3.05, 3.63) is 28.8 Å². The minimum atomic E-state index is -3.40. The summed E-state index contributed by atoms with van der Waals surface area (Å²) in [5.74, 6) is 0. The fraction of sp³-hybridized carbons (Fsp3) is 0.400. The number of halogens is 1. The lowest BCUT2D eigenvalue weighted by atomic mass is 10.2. The first-order valence-corrected chi connectivity index (χ1v) is 6.80. The van der Waals surface area contributed by atoms with Crippen molar-refractivity contribution in [1.29, 1.82) is 0 Å². The second kappa shape index (κ2) is 5.63. The molecule has 2 N–H and O–H groups in total. The Kier molecular flexibility index (Phi) is 4.73. The molecule has 0 unspecified atom stereocenters. The molecule has 0 heterocycles. The Morgan fingerprint density at radius 1 is 1.38 bits per heavy atom. The monoisotopic (exact) mass is 262 g/mol. The predicted octanol–water partition coefficient (Wildman–Crippen LogP) is 1.36. The fourth-order valence-electron chi connectivity index (χ4n) is 1.23. The summed E-state index contributed by atoms with van der Waals surface area (Å²) >= 11 is 5.97. The van der Waals surface area contributed by atoms with Crippen LogP contribution in [0, 0.1) is 0 Å². The Labute approximate surface area is 101 Å². The molecule has 0 saturated carbocycles. The van der Waals surface area contributed by atoms with Crippen LogP contribution in [0.15, 0.2) is 23.1 Å². The third-order valence-electron chi connectivity index (χ3n) is 2.16. The number of sulfonamides is 1. The number of hydrogen-bond donors (Lipinski definition) is 2. The maximum atomic E-state index is 11.6. The lowest BCUT2D eigenvalue weighted by Crippen LogP contribution is -2.19. The molecule has 1 aromatic carbocycles. The molecular formula is C10H15ClN2O2S. The SMILES string of the molecule is CCNCc1cc(S(=O)(=O)NC)ccc1Cl. The van der Waals surface area contributed by atoms with Crippen molar-refractivity contribution in [2.24, 2.45) is 0 Å². The molecule has 0 atom stereocenters. The van der Waals surface area contributed by atoms with Gasteiger partial charge >= 0.3 is 0 Å². The second-order valence-corrected chi connectivity index (χ2v) is 5.53. The van der Waals surface area contributed by atoms with Gasteiger partial charge in [0.25, 0.3) is 0 Å². The smallest absolute Gasteiger partial charge is 0.240 e. The number of rotatable bonds is 5. The molecule has 0 fully saturated rings. The first-order valence-electron chi connectivity index (χ1n) is 4.94. The molecular weight excluding hydrogens is 248 g/mol. The van der Waals surface area contributed by atoms with Crippen molar-refractivity contribution in [2.75, 3.05) is 13.6 Å². The van der Waals surface area contributed by atoms with E-state index in [9.17, 15) is 8.42 Å². The second-order valence-electron chi connectivity index (χ2n) is 3.24. The maximum Gasteiger partial charge on any atom is 0.240 e. The van der Waals surface area contributed by atoms with Crippen LogP contribution in [0.1, 0.15) is 12.5 Å². The first-order chi connectivity index (χ1) is 7.51. The Morgan fingerprint density at radius 2 is 2.06 bits per heavy atom. The van der Waals surface area contributed by atoms with E-state index in [-0.39, 0.29) is 4.90 Å². The summed E-state index contributed by atoms with van der Waals surface area (Å²) in [5, 5.41) is 3.67. The van der Waals surface area contributed by atoms with E-state index in [2.05, 4.69) is 10.0 Å². The summed E-state index contributed by atoms with van der Waals surface area (Å²) in [7, 11) is -2.02. The van der Waals surface area contributed by atoms with E-state index in [0.717, 1.165) is 12.1 Å². The van der Waals surface area contributed by atoms with Crippen LogP contribution in [-0.4, -0.2) is 22.0 Å². The zero-order valence-corrected chi connectivity index (χ0v) is 10.8. The lowest BCUT2D eigenvalue weighted by Gasteiger charge is -2.08. The van der Waals surface area contributed by atoms with E-state index in [0.29, 0.717) is 11.6 Å². The Balaban J connectivity index is 3.07.